The van der Waals surface area contributed by atoms with E-state index in [4.69, 9.17) is 10.2 Å². The lowest BCUT2D eigenvalue weighted by molar-refractivity contribution is 0.0690. The van der Waals surface area contributed by atoms with Gasteiger partial charge in [0.2, 0.25) is 0 Å². The molecule has 0 aliphatic carbocycles. The molecule has 1 aliphatic rings. The quantitative estimate of drug-likeness (QED) is 0.787. The molecule has 0 amide bonds. The SMILES string of the molecule is O=C(O)c1cncc(N2CCC(CCO)C2)n1. The molecule has 1 aromatic rings. The summed E-state index contributed by atoms with van der Waals surface area (Å²) in [6.45, 7) is 1.83. The lowest BCUT2D eigenvalue weighted by atomic mass is 10.1. The number of anilines is 1. The Morgan fingerprint density at radius 3 is 3.06 bits per heavy atom. The summed E-state index contributed by atoms with van der Waals surface area (Å²) in [6.07, 6.45) is 4.60. The number of carboxylic acids is 1. The predicted molar refractivity (Wildman–Crippen MR) is 61.0 cm³/mol. The third kappa shape index (κ3) is 2.71. The van der Waals surface area contributed by atoms with Gasteiger partial charge in [-0.3, -0.25) is 4.98 Å². The number of carbonyl (C=O) groups is 1. The number of aliphatic hydroxyl groups excluding tert-OH is 1. The second kappa shape index (κ2) is 5.09. The number of aromatic carboxylic acids is 1. The van der Waals surface area contributed by atoms with E-state index in [2.05, 4.69) is 9.97 Å². The molecule has 6 nitrogen and oxygen atoms in total. The topological polar surface area (TPSA) is 86.5 Å². The van der Waals surface area contributed by atoms with Crippen molar-refractivity contribution in [3.8, 4) is 0 Å². The standard InChI is InChI=1S/C11H15N3O3/c15-4-2-8-1-3-14(7-8)10-6-12-5-9(13-10)11(16)17/h5-6,8,15H,1-4,7H2,(H,16,17). The normalized spacial score (nSPS) is 19.6. The van der Waals surface area contributed by atoms with Crippen LogP contribution < -0.4 is 4.90 Å². The van der Waals surface area contributed by atoms with Gasteiger partial charge >= 0.3 is 5.97 Å². The average Bonchev–Trinajstić information content (AvgIpc) is 2.78. The zero-order chi connectivity index (χ0) is 12.3. The van der Waals surface area contributed by atoms with Crippen molar-refractivity contribution >= 4 is 11.8 Å². The molecule has 6 heteroatoms. The number of nitrogens with zero attached hydrogens (tertiary/aromatic N) is 3. The van der Waals surface area contributed by atoms with E-state index >= 15 is 0 Å². The molecule has 1 fully saturated rings. The maximum atomic E-state index is 10.8. The van der Waals surface area contributed by atoms with E-state index in [-0.39, 0.29) is 12.3 Å². The van der Waals surface area contributed by atoms with Crippen molar-refractivity contribution < 1.29 is 15.0 Å². The highest BCUT2D eigenvalue weighted by molar-refractivity contribution is 5.85. The van der Waals surface area contributed by atoms with E-state index in [1.165, 1.54) is 6.20 Å². The summed E-state index contributed by atoms with van der Waals surface area (Å²) in [5.41, 5.74) is -0.0342. The van der Waals surface area contributed by atoms with Gasteiger partial charge in [0.1, 0.15) is 5.82 Å². The van der Waals surface area contributed by atoms with Gasteiger partial charge in [-0.15, -0.1) is 0 Å². The van der Waals surface area contributed by atoms with Crippen molar-refractivity contribution in [2.45, 2.75) is 12.8 Å². The molecule has 0 bridgehead atoms. The molecular formula is C11H15N3O3. The van der Waals surface area contributed by atoms with Gasteiger partial charge in [-0.05, 0) is 18.8 Å². The molecule has 1 aromatic heterocycles. The average molecular weight is 237 g/mol. The van der Waals surface area contributed by atoms with E-state index in [0.29, 0.717) is 11.7 Å². The first-order chi connectivity index (χ1) is 8.20. The Morgan fingerprint density at radius 1 is 1.53 bits per heavy atom. The van der Waals surface area contributed by atoms with Gasteiger partial charge in [0.25, 0.3) is 0 Å². The fourth-order valence-corrected chi connectivity index (χ4v) is 2.07. The summed E-state index contributed by atoms with van der Waals surface area (Å²) in [7, 11) is 0. The summed E-state index contributed by atoms with van der Waals surface area (Å²) in [6, 6.07) is 0. The lowest BCUT2D eigenvalue weighted by Crippen LogP contribution is -2.22. The van der Waals surface area contributed by atoms with Gasteiger partial charge in [0, 0.05) is 19.7 Å². The van der Waals surface area contributed by atoms with E-state index in [1.54, 1.807) is 6.20 Å². The molecule has 17 heavy (non-hydrogen) atoms. The molecule has 1 unspecified atom stereocenters. The number of carboxylic acid groups (broad SMARTS) is 1. The number of aliphatic hydroxyl groups is 1. The first-order valence-corrected chi connectivity index (χ1v) is 5.62. The summed E-state index contributed by atoms with van der Waals surface area (Å²) in [5.74, 6) is -0.00826. The Hall–Kier alpha value is -1.69. The van der Waals surface area contributed by atoms with Crippen LogP contribution in [0.3, 0.4) is 0 Å². The molecule has 2 rings (SSSR count). The summed E-state index contributed by atoms with van der Waals surface area (Å²) < 4.78 is 0. The molecule has 0 aromatic carbocycles. The smallest absolute Gasteiger partial charge is 0.356 e. The van der Waals surface area contributed by atoms with Crippen molar-refractivity contribution in [2.75, 3.05) is 24.6 Å². The Labute approximate surface area is 98.9 Å². The van der Waals surface area contributed by atoms with Gasteiger partial charge in [-0.2, -0.15) is 0 Å². The van der Waals surface area contributed by atoms with Crippen LogP contribution in [0, 0.1) is 5.92 Å². The van der Waals surface area contributed by atoms with Crippen molar-refractivity contribution in [2.24, 2.45) is 5.92 Å². The largest absolute Gasteiger partial charge is 0.476 e. The van der Waals surface area contributed by atoms with E-state index in [1.807, 2.05) is 4.90 Å². The van der Waals surface area contributed by atoms with Crippen LogP contribution in [0.5, 0.6) is 0 Å². The molecule has 1 saturated heterocycles. The Balaban J connectivity index is 2.08. The number of rotatable bonds is 4. The second-order valence-corrected chi connectivity index (χ2v) is 4.18. The molecule has 0 radical (unpaired) electrons. The number of aromatic nitrogens is 2. The van der Waals surface area contributed by atoms with Gasteiger partial charge in [-0.1, -0.05) is 0 Å². The van der Waals surface area contributed by atoms with Crippen molar-refractivity contribution in [3.63, 3.8) is 0 Å². The van der Waals surface area contributed by atoms with Crippen molar-refractivity contribution in [1.29, 1.82) is 0 Å². The third-order valence-electron chi connectivity index (χ3n) is 2.99. The molecule has 2 heterocycles. The summed E-state index contributed by atoms with van der Waals surface area (Å²) >= 11 is 0. The minimum atomic E-state index is -1.06. The third-order valence-corrected chi connectivity index (χ3v) is 2.99. The van der Waals surface area contributed by atoms with Gasteiger partial charge < -0.3 is 15.1 Å². The first-order valence-electron chi connectivity index (χ1n) is 5.62. The molecular weight excluding hydrogens is 222 g/mol. The van der Waals surface area contributed by atoms with Crippen LogP contribution in [-0.2, 0) is 0 Å². The molecule has 2 N–H and O–H groups in total. The molecule has 0 spiro atoms. The van der Waals surface area contributed by atoms with Crippen LogP contribution in [0.4, 0.5) is 5.82 Å². The highest BCUT2D eigenvalue weighted by Crippen LogP contribution is 2.23. The van der Waals surface area contributed by atoms with E-state index in [9.17, 15) is 4.79 Å². The minimum absolute atomic E-state index is 0.0342. The van der Waals surface area contributed by atoms with Gasteiger partial charge in [0.05, 0.1) is 12.4 Å². The van der Waals surface area contributed by atoms with Crippen molar-refractivity contribution in [3.05, 3.63) is 18.1 Å². The first kappa shape index (κ1) is 11.8. The Kier molecular flexibility index (Phi) is 3.53. The fraction of sp³-hybridized carbons (Fsp3) is 0.545. The van der Waals surface area contributed by atoms with Crippen molar-refractivity contribution in [1.82, 2.24) is 9.97 Å². The molecule has 92 valence electrons. The Bertz CT molecular complexity index is 411. The monoisotopic (exact) mass is 237 g/mol. The fourth-order valence-electron chi connectivity index (χ4n) is 2.07. The number of hydrogen-bond donors (Lipinski definition) is 2. The highest BCUT2D eigenvalue weighted by atomic mass is 16.4. The number of hydrogen-bond acceptors (Lipinski definition) is 5. The van der Waals surface area contributed by atoms with E-state index < -0.39 is 5.97 Å². The van der Waals surface area contributed by atoms with Crippen LogP contribution >= 0.6 is 0 Å². The molecule has 0 saturated carbocycles. The zero-order valence-corrected chi connectivity index (χ0v) is 9.41. The minimum Gasteiger partial charge on any atom is -0.476 e. The maximum absolute atomic E-state index is 10.8. The highest BCUT2D eigenvalue weighted by Gasteiger charge is 2.23. The van der Waals surface area contributed by atoms with Crippen LogP contribution in [0.1, 0.15) is 23.3 Å². The second-order valence-electron chi connectivity index (χ2n) is 4.18. The van der Waals surface area contributed by atoms with E-state index in [0.717, 1.165) is 25.9 Å². The van der Waals surface area contributed by atoms with Crippen LogP contribution in [0.25, 0.3) is 0 Å². The summed E-state index contributed by atoms with van der Waals surface area (Å²) in [5, 5.41) is 17.7. The molecule has 1 atom stereocenters. The van der Waals surface area contributed by atoms with Crippen LogP contribution in [-0.4, -0.2) is 45.8 Å². The lowest BCUT2D eigenvalue weighted by Gasteiger charge is -2.16. The van der Waals surface area contributed by atoms with Gasteiger partial charge in [-0.25, -0.2) is 9.78 Å². The Morgan fingerprint density at radius 2 is 2.35 bits per heavy atom. The van der Waals surface area contributed by atoms with Crippen LogP contribution in [0.15, 0.2) is 12.4 Å². The van der Waals surface area contributed by atoms with Crippen LogP contribution in [0.2, 0.25) is 0 Å². The zero-order valence-electron chi connectivity index (χ0n) is 9.41. The van der Waals surface area contributed by atoms with Gasteiger partial charge in [0.15, 0.2) is 5.69 Å². The predicted octanol–water partition coefficient (Wildman–Crippen LogP) is 0.384. The summed E-state index contributed by atoms with van der Waals surface area (Å²) in [4.78, 5) is 20.7. The maximum Gasteiger partial charge on any atom is 0.356 e. The molecule has 1 aliphatic heterocycles.